The Morgan fingerprint density at radius 3 is 2.57 bits per heavy atom. The van der Waals surface area contributed by atoms with Gasteiger partial charge in [-0.3, -0.25) is 14.5 Å². The summed E-state index contributed by atoms with van der Waals surface area (Å²) < 4.78 is 10.8. The average Bonchev–Trinajstić information content (AvgIpc) is 3.36. The molecule has 2 saturated heterocycles. The highest BCUT2D eigenvalue weighted by Gasteiger charge is 2.38. The van der Waals surface area contributed by atoms with Crippen LogP contribution in [-0.4, -0.2) is 77.2 Å². The van der Waals surface area contributed by atoms with Crippen LogP contribution >= 0.6 is 11.8 Å². The van der Waals surface area contributed by atoms with Crippen LogP contribution in [0.2, 0.25) is 0 Å². The second-order valence-electron chi connectivity index (χ2n) is 9.41. The second kappa shape index (κ2) is 8.67. The highest BCUT2D eigenvalue weighted by molar-refractivity contribution is 7.99. The molecule has 1 aromatic carbocycles. The molecule has 1 atom stereocenters. The van der Waals surface area contributed by atoms with E-state index >= 15 is 0 Å². The molecule has 8 heteroatoms. The first-order valence-electron chi connectivity index (χ1n) is 10.6. The Morgan fingerprint density at radius 1 is 1.10 bits per heavy atom. The Bertz CT molecular complexity index is 802. The molecular weight excluding hydrogens is 402 g/mol. The maximum absolute atomic E-state index is 13.1. The minimum absolute atomic E-state index is 0.0711. The first-order valence-corrected chi connectivity index (χ1v) is 11.7. The number of benzene rings is 1. The molecule has 2 amide bonds. The fourth-order valence-corrected chi connectivity index (χ4v) is 5.25. The van der Waals surface area contributed by atoms with Crippen LogP contribution in [-0.2, 0) is 16.1 Å². The van der Waals surface area contributed by atoms with Gasteiger partial charge in [0, 0.05) is 44.9 Å². The lowest BCUT2D eigenvalue weighted by Crippen LogP contribution is -2.55. The number of amides is 2. The van der Waals surface area contributed by atoms with E-state index in [1.807, 2.05) is 17.0 Å². The van der Waals surface area contributed by atoms with E-state index in [4.69, 9.17) is 9.47 Å². The molecule has 30 heavy (non-hydrogen) atoms. The summed E-state index contributed by atoms with van der Waals surface area (Å²) in [5.74, 6) is 3.12. The molecule has 164 valence electrons. The smallest absolute Gasteiger partial charge is 0.246 e. The zero-order valence-electron chi connectivity index (χ0n) is 18.1. The number of rotatable bonds is 4. The van der Waals surface area contributed by atoms with Crippen molar-refractivity contribution in [2.24, 2.45) is 5.41 Å². The van der Waals surface area contributed by atoms with Gasteiger partial charge >= 0.3 is 0 Å². The van der Waals surface area contributed by atoms with E-state index < -0.39 is 0 Å². The third-order valence-electron chi connectivity index (χ3n) is 5.70. The number of carbonyl (C=O) groups is 2. The van der Waals surface area contributed by atoms with Crippen molar-refractivity contribution in [2.45, 2.75) is 39.8 Å². The standard InChI is InChI=1S/C22H31N3O4S/c1-22(2,3)11-20(26)25-14-30-13-17(25)21(27)24-8-6-23(7-9-24)12-16-4-5-18-19(10-16)29-15-28-18/h4-5,10,17H,6-9,11-15H2,1-3H3. The molecule has 4 rings (SSSR count). The lowest BCUT2D eigenvalue weighted by Gasteiger charge is -2.37. The van der Waals surface area contributed by atoms with E-state index in [1.165, 1.54) is 5.56 Å². The maximum Gasteiger partial charge on any atom is 0.246 e. The number of thioether (sulfide) groups is 1. The molecule has 3 heterocycles. The molecular formula is C22H31N3O4S. The Kier molecular flexibility index (Phi) is 6.16. The number of fused-ring (bicyclic) bond motifs is 1. The Hall–Kier alpha value is -1.93. The molecule has 0 spiro atoms. The number of nitrogens with zero attached hydrogens (tertiary/aromatic N) is 3. The molecule has 0 bridgehead atoms. The molecule has 7 nitrogen and oxygen atoms in total. The normalized spacial score (nSPS) is 21.9. The van der Waals surface area contributed by atoms with Gasteiger partial charge in [-0.1, -0.05) is 26.8 Å². The van der Waals surface area contributed by atoms with Crippen molar-refractivity contribution in [3.05, 3.63) is 23.8 Å². The molecule has 3 aliphatic heterocycles. The SMILES string of the molecule is CC(C)(C)CC(=O)N1CSCC1C(=O)N1CCN(Cc2ccc3c(c2)OCO3)CC1. The summed E-state index contributed by atoms with van der Waals surface area (Å²) in [5, 5.41) is 0. The van der Waals surface area contributed by atoms with Gasteiger partial charge in [-0.15, -0.1) is 11.8 Å². The van der Waals surface area contributed by atoms with Gasteiger partial charge in [0.2, 0.25) is 18.6 Å². The van der Waals surface area contributed by atoms with Crippen LogP contribution in [0.3, 0.4) is 0 Å². The zero-order valence-corrected chi connectivity index (χ0v) is 18.9. The quantitative estimate of drug-likeness (QED) is 0.727. The lowest BCUT2D eigenvalue weighted by molar-refractivity contribution is -0.145. The zero-order chi connectivity index (χ0) is 21.3. The van der Waals surface area contributed by atoms with Crippen LogP contribution in [0.5, 0.6) is 11.5 Å². The number of hydrogen-bond acceptors (Lipinski definition) is 6. The van der Waals surface area contributed by atoms with E-state index in [9.17, 15) is 9.59 Å². The van der Waals surface area contributed by atoms with Crippen LogP contribution < -0.4 is 9.47 Å². The van der Waals surface area contributed by atoms with Gasteiger partial charge in [0.25, 0.3) is 0 Å². The molecule has 0 N–H and O–H groups in total. The van der Waals surface area contributed by atoms with E-state index in [0.29, 0.717) is 31.1 Å². The van der Waals surface area contributed by atoms with Gasteiger partial charge in [0.1, 0.15) is 6.04 Å². The van der Waals surface area contributed by atoms with Crippen molar-refractivity contribution in [3.63, 3.8) is 0 Å². The van der Waals surface area contributed by atoms with E-state index in [1.54, 1.807) is 16.7 Å². The Morgan fingerprint density at radius 2 is 1.83 bits per heavy atom. The third-order valence-corrected chi connectivity index (χ3v) is 6.71. The van der Waals surface area contributed by atoms with Gasteiger partial charge in [-0.2, -0.15) is 0 Å². The molecule has 1 unspecified atom stereocenters. The minimum atomic E-state index is -0.315. The van der Waals surface area contributed by atoms with Gasteiger partial charge in [-0.05, 0) is 23.1 Å². The van der Waals surface area contributed by atoms with Crippen LogP contribution in [0, 0.1) is 5.41 Å². The molecule has 0 radical (unpaired) electrons. The lowest BCUT2D eigenvalue weighted by atomic mass is 9.91. The van der Waals surface area contributed by atoms with E-state index in [2.05, 4.69) is 31.7 Å². The topological polar surface area (TPSA) is 62.3 Å². The highest BCUT2D eigenvalue weighted by Crippen LogP contribution is 2.33. The van der Waals surface area contributed by atoms with Gasteiger partial charge < -0.3 is 19.3 Å². The van der Waals surface area contributed by atoms with Crippen molar-refractivity contribution >= 4 is 23.6 Å². The molecule has 0 aromatic heterocycles. The number of piperazine rings is 1. The summed E-state index contributed by atoms with van der Waals surface area (Å²) in [6.45, 7) is 10.4. The largest absolute Gasteiger partial charge is 0.454 e. The number of carbonyl (C=O) groups excluding carboxylic acids is 2. The van der Waals surface area contributed by atoms with Crippen molar-refractivity contribution in [3.8, 4) is 11.5 Å². The summed E-state index contributed by atoms with van der Waals surface area (Å²) in [7, 11) is 0. The molecule has 2 fully saturated rings. The summed E-state index contributed by atoms with van der Waals surface area (Å²) in [6.07, 6.45) is 0.473. The molecule has 1 aromatic rings. The van der Waals surface area contributed by atoms with Crippen LogP contribution in [0.1, 0.15) is 32.8 Å². The van der Waals surface area contributed by atoms with Crippen LogP contribution in [0.25, 0.3) is 0 Å². The fraction of sp³-hybridized carbons (Fsp3) is 0.636. The third kappa shape index (κ3) is 4.86. The monoisotopic (exact) mass is 433 g/mol. The predicted molar refractivity (Wildman–Crippen MR) is 116 cm³/mol. The van der Waals surface area contributed by atoms with Gasteiger partial charge in [0.15, 0.2) is 11.5 Å². The van der Waals surface area contributed by atoms with Crippen molar-refractivity contribution < 1.29 is 19.1 Å². The summed E-state index contributed by atoms with van der Waals surface area (Å²) >= 11 is 1.67. The van der Waals surface area contributed by atoms with Crippen LogP contribution in [0.4, 0.5) is 0 Å². The van der Waals surface area contributed by atoms with E-state index in [0.717, 1.165) is 31.1 Å². The second-order valence-corrected chi connectivity index (χ2v) is 10.4. The highest BCUT2D eigenvalue weighted by atomic mass is 32.2. The summed E-state index contributed by atoms with van der Waals surface area (Å²) in [5.41, 5.74) is 1.11. The Balaban J connectivity index is 1.30. The molecule has 3 aliphatic rings. The number of hydrogen-bond donors (Lipinski definition) is 0. The van der Waals surface area contributed by atoms with Crippen molar-refractivity contribution in [1.82, 2.24) is 14.7 Å². The molecule has 0 saturated carbocycles. The number of ether oxygens (including phenoxy) is 2. The average molecular weight is 434 g/mol. The fourth-order valence-electron chi connectivity index (χ4n) is 4.08. The first-order chi connectivity index (χ1) is 14.3. The first kappa shape index (κ1) is 21.3. The van der Waals surface area contributed by atoms with Gasteiger partial charge in [0.05, 0.1) is 5.88 Å². The van der Waals surface area contributed by atoms with Crippen LogP contribution in [0.15, 0.2) is 18.2 Å². The maximum atomic E-state index is 13.1. The predicted octanol–water partition coefficient (Wildman–Crippen LogP) is 2.40. The minimum Gasteiger partial charge on any atom is -0.454 e. The van der Waals surface area contributed by atoms with E-state index in [-0.39, 0.29) is 30.1 Å². The summed E-state index contributed by atoms with van der Waals surface area (Å²) in [4.78, 5) is 31.9. The van der Waals surface area contributed by atoms with Crippen molar-refractivity contribution in [2.75, 3.05) is 44.6 Å². The van der Waals surface area contributed by atoms with Gasteiger partial charge in [-0.25, -0.2) is 0 Å². The van der Waals surface area contributed by atoms with Crippen molar-refractivity contribution in [1.29, 1.82) is 0 Å². The molecule has 0 aliphatic carbocycles. The summed E-state index contributed by atoms with van der Waals surface area (Å²) in [6, 6.07) is 5.75. The Labute approximate surface area is 182 Å².